The van der Waals surface area contributed by atoms with E-state index >= 15 is 0 Å². The maximum Gasteiger partial charge on any atom is 0.698 e. The summed E-state index contributed by atoms with van der Waals surface area (Å²) in [5.74, 6) is -4.76. The Hall–Kier alpha value is -11.8. The van der Waals surface area contributed by atoms with Crippen molar-refractivity contribution in [2.75, 3.05) is 97.9 Å². The van der Waals surface area contributed by atoms with Gasteiger partial charge in [-0.3, -0.25) is 9.59 Å². The zero-order chi connectivity index (χ0) is 75.5. The molecule has 0 fully saturated rings. The van der Waals surface area contributed by atoms with E-state index in [4.69, 9.17) is 36.3 Å². The standard InChI is InChI=1S/C14H14N2.C8H14N2O4.C6H10N2O4.C6H14N2.C4H4N4.C4H6N2O4.C4H10N2.C2H4Cl2N2.C2H4F2N2.C2H4N4O4/c1-15-16-14(12-8-4-2-5-9-12)13-10-6-3-7-11-13;1-4-13-7(11)6(10-9-3)8(12)14-5-2;1-7-8-4(5(9)11-2)6(10)12-3;1-4-6(5-2)8-7-3;1-5-4(6-2)8-7-3;1-5-6-4(9-2-7)10-3-8;1-4(2)6-5-3;2*1-5-6-2(3)4;1-3-4-2(5(7)8)6(9)10/h2-11,15H,1H3;9H,4-5H2,1-3H3;7H,1-3H3;7H,4-5H2,1-3H3;7H,3H3;2-3,5H,1H3;5H,1-3H3;2*5H,1H3;3H,1H3. The lowest BCUT2D eigenvalue weighted by molar-refractivity contribution is -0.503. The quantitative estimate of drug-likeness (QED) is 0.00932. The summed E-state index contributed by atoms with van der Waals surface area (Å²) in [6.45, 7) is 24.5. The van der Waals surface area contributed by atoms with Gasteiger partial charge in [0.15, 0.2) is 5.10 Å². The van der Waals surface area contributed by atoms with Gasteiger partial charge >= 0.3 is 61.0 Å². The fourth-order valence-corrected chi connectivity index (χ4v) is 4.57. The molecule has 0 bridgehead atoms. The minimum atomic E-state index is -1.95. The number of nitrogens with zero attached hydrogens (tertiary/aromatic N) is 14. The molecule has 40 nitrogen and oxygen atoms in total. The zero-order valence-electron chi connectivity index (χ0n) is 56.1. The first kappa shape index (κ1) is 100. The Kier molecular flexibility index (Phi) is 79.1. The number of carbonyl (C=O) groups excluding carboxylic acids is 6. The number of guanidine groups is 2. The summed E-state index contributed by atoms with van der Waals surface area (Å²) in [5, 5.41) is 53.6. The summed E-state index contributed by atoms with van der Waals surface area (Å²) in [5.41, 5.74) is 28.4. The van der Waals surface area contributed by atoms with Gasteiger partial charge in [-0.05, 0) is 76.9 Å². The first-order valence-electron chi connectivity index (χ1n) is 26.5. The van der Waals surface area contributed by atoms with Gasteiger partial charge in [-0.15, -0.1) is 19.0 Å². The van der Waals surface area contributed by atoms with E-state index in [0.717, 1.165) is 49.6 Å². The average Bonchev–Trinajstić information content (AvgIpc) is 1.32. The van der Waals surface area contributed by atoms with E-state index in [1.54, 1.807) is 27.9 Å². The van der Waals surface area contributed by atoms with Gasteiger partial charge in [0.1, 0.15) is 5.10 Å². The van der Waals surface area contributed by atoms with Gasteiger partial charge in [-0.25, -0.2) is 34.3 Å². The molecule has 0 spiro atoms. The lowest BCUT2D eigenvalue weighted by atomic mass is 10.0. The summed E-state index contributed by atoms with van der Waals surface area (Å²) in [4.78, 5) is 85.8. The molecule has 0 aliphatic rings. The van der Waals surface area contributed by atoms with Gasteiger partial charge < -0.3 is 92.1 Å². The van der Waals surface area contributed by atoms with Gasteiger partial charge in [0.05, 0.1) is 50.0 Å². The van der Waals surface area contributed by atoms with Crippen LogP contribution in [0.25, 0.3) is 9.69 Å². The average molecular weight is 1410 g/mol. The van der Waals surface area contributed by atoms with Crippen LogP contribution < -0.4 is 54.3 Å². The number of rotatable bonds is 22. The largest absolute Gasteiger partial charge is 0.698 e. The van der Waals surface area contributed by atoms with E-state index in [1.165, 1.54) is 48.0 Å². The van der Waals surface area contributed by atoms with Crippen molar-refractivity contribution in [1.29, 1.82) is 0 Å². The fraction of sp³-hybridized carbons (Fsp3) is 0.423. The van der Waals surface area contributed by atoms with Gasteiger partial charge in [0, 0.05) is 86.0 Å². The normalized spacial score (nSPS) is 8.04. The van der Waals surface area contributed by atoms with Crippen LogP contribution in [0.5, 0.6) is 0 Å². The molecule has 96 heavy (non-hydrogen) atoms. The predicted octanol–water partition coefficient (Wildman–Crippen LogP) is 2.78. The summed E-state index contributed by atoms with van der Waals surface area (Å²) in [6.07, 6.45) is -0.278. The highest BCUT2D eigenvalue weighted by atomic mass is 35.5. The maximum absolute atomic E-state index is 11.2. The number of benzene rings is 2. The molecule has 0 aromatic heterocycles. The number of carbonyl (C=O) groups is 6. The van der Waals surface area contributed by atoms with Crippen molar-refractivity contribution < 1.29 is 75.8 Å². The van der Waals surface area contributed by atoms with Crippen LogP contribution in [0.4, 0.5) is 8.78 Å². The fourth-order valence-electron chi connectivity index (χ4n) is 4.40. The molecule has 0 radical (unpaired) electrons. The molecule has 10 N–H and O–H groups in total. The minimum absolute atomic E-state index is 0.00231. The number of hydrazone groups is 10. The molecule has 2 aromatic carbocycles. The van der Waals surface area contributed by atoms with Crippen LogP contribution in [-0.4, -0.2) is 202 Å². The Morgan fingerprint density at radius 1 is 0.521 bits per heavy atom. The molecular weight excluding hydrogens is 1330 g/mol. The van der Waals surface area contributed by atoms with Crippen LogP contribution >= 0.6 is 23.2 Å². The molecule has 0 heterocycles. The van der Waals surface area contributed by atoms with Gasteiger partial charge in [-0.2, -0.15) is 36.0 Å². The molecule has 2 aromatic rings. The molecule has 0 unspecified atom stereocenters. The van der Waals surface area contributed by atoms with Gasteiger partial charge in [-0.1, -0.05) is 74.5 Å². The van der Waals surface area contributed by atoms with Crippen LogP contribution in [0.15, 0.2) is 112 Å². The van der Waals surface area contributed by atoms with E-state index in [-0.39, 0.29) is 42.5 Å². The Labute approximate surface area is 563 Å². The Morgan fingerprint density at radius 2 is 0.865 bits per heavy atom. The number of ether oxygens (including phenoxy) is 6. The third-order valence-electron chi connectivity index (χ3n) is 7.73. The Balaban J connectivity index is -0.000000152. The number of nitro groups is 2. The second kappa shape index (κ2) is 75.6. The second-order valence-electron chi connectivity index (χ2n) is 14.3. The van der Waals surface area contributed by atoms with Crippen molar-refractivity contribution in [3.63, 3.8) is 0 Å². The molecule has 0 saturated carbocycles. The van der Waals surface area contributed by atoms with Gasteiger partial charge in [0.2, 0.25) is 4.63 Å². The first-order chi connectivity index (χ1) is 45.7. The van der Waals surface area contributed by atoms with Crippen LogP contribution in [0.3, 0.4) is 0 Å². The van der Waals surface area contributed by atoms with Crippen LogP contribution in [0.2, 0.25) is 0 Å². The minimum Gasteiger partial charge on any atom is -0.464 e. The van der Waals surface area contributed by atoms with E-state index in [1.807, 2.05) is 75.2 Å². The topological polar surface area (TPSA) is 497 Å². The molecular formula is C52H84Cl2F2N24O16. The number of methoxy groups -OCH3 is 2. The number of hydrogen-bond donors (Lipinski definition) is 10. The van der Waals surface area contributed by atoms with E-state index < -0.39 is 57.7 Å². The Morgan fingerprint density at radius 3 is 1.05 bits per heavy atom. The molecule has 536 valence electrons. The molecule has 0 amide bonds. The highest BCUT2D eigenvalue weighted by molar-refractivity contribution is 6.95. The van der Waals surface area contributed by atoms with Crippen molar-refractivity contribution in [2.45, 2.75) is 54.4 Å². The highest BCUT2D eigenvalue weighted by Crippen LogP contribution is 2.10. The van der Waals surface area contributed by atoms with Crippen LogP contribution in [0.1, 0.15) is 65.5 Å². The molecule has 44 heteroatoms. The molecule has 2 rings (SSSR count). The van der Waals surface area contributed by atoms with E-state index in [9.17, 15) is 57.8 Å². The zero-order valence-corrected chi connectivity index (χ0v) is 57.6. The van der Waals surface area contributed by atoms with Gasteiger partial charge in [0.25, 0.3) is 11.4 Å². The number of halogens is 4. The first-order valence-corrected chi connectivity index (χ1v) is 27.3. The molecule has 0 atom stereocenters. The number of nitrogens with one attached hydrogen (secondary N) is 10. The smallest absolute Gasteiger partial charge is 0.464 e. The van der Waals surface area contributed by atoms with Crippen LogP contribution in [-0.2, 0) is 57.2 Å². The SMILES string of the molecule is CCC(CC)=NNC.CCOC(=O)C(=NNC)C(=O)OCC.CNN=C(C(=O)OC)C(=O)OC.CNN=C(C)C.CNN=C(Cl)Cl.CNN=C(F)F.CNN=C(OC=O)OC=O.CNN=C([N+](=O)[O-])[N+](=O)[O-].CNN=C(c1ccccc1)c1ccccc1.[C-]#[N+]C(=NNC)[N+]#[C-]. The Bertz CT molecular complexity index is 2710. The van der Waals surface area contributed by atoms with E-state index in [2.05, 4.69) is 171 Å². The summed E-state index contributed by atoms with van der Waals surface area (Å²) in [7, 11) is 17.8. The number of hydrogen-bond acceptors (Lipinski definition) is 36. The van der Waals surface area contributed by atoms with Crippen molar-refractivity contribution in [3.8, 4) is 0 Å². The maximum atomic E-state index is 11.2. The summed E-state index contributed by atoms with van der Waals surface area (Å²) < 4.78 is 47.4. The van der Waals surface area contributed by atoms with Crippen molar-refractivity contribution in [2.24, 2.45) is 51.0 Å². The van der Waals surface area contributed by atoms with Crippen LogP contribution in [0, 0.1) is 33.4 Å². The second-order valence-corrected chi connectivity index (χ2v) is 15.2. The van der Waals surface area contributed by atoms with E-state index in [0.29, 0.717) is 0 Å². The number of esters is 4. The third-order valence-corrected chi connectivity index (χ3v) is 7.89. The molecule has 0 aliphatic carbocycles. The molecule has 0 aliphatic heterocycles. The lowest BCUT2D eigenvalue weighted by Gasteiger charge is -2.06. The van der Waals surface area contributed by atoms with Crippen molar-refractivity contribution in [3.05, 3.63) is 115 Å². The highest BCUT2D eigenvalue weighted by Gasteiger charge is 2.27. The summed E-state index contributed by atoms with van der Waals surface area (Å²) in [6, 6.07) is 20.3. The predicted molar refractivity (Wildman–Crippen MR) is 361 cm³/mol. The lowest BCUT2D eigenvalue weighted by Crippen LogP contribution is -2.30. The summed E-state index contributed by atoms with van der Waals surface area (Å²) >= 11 is 10.1. The monoisotopic (exact) mass is 1410 g/mol. The van der Waals surface area contributed by atoms with Crippen molar-refractivity contribution in [1.82, 2.24) is 54.3 Å². The third kappa shape index (κ3) is 66.6. The molecule has 0 saturated heterocycles. The van der Waals surface area contributed by atoms with Crippen molar-refractivity contribution >= 4 is 117 Å².